The van der Waals surface area contributed by atoms with E-state index in [9.17, 15) is 0 Å². The number of rotatable bonds is 4. The predicted molar refractivity (Wildman–Crippen MR) is 110 cm³/mol. The second kappa shape index (κ2) is 6.62. The Labute approximate surface area is 160 Å². The Hall–Kier alpha value is -4.00. The Bertz CT molecular complexity index is 1280. The molecule has 7 nitrogen and oxygen atoms in total. The lowest BCUT2D eigenvalue weighted by Gasteiger charge is -2.09. The summed E-state index contributed by atoms with van der Waals surface area (Å²) in [5.41, 5.74) is 11.3. The number of benzene rings is 3. The van der Waals surface area contributed by atoms with Gasteiger partial charge < -0.3 is 11.1 Å². The molecule has 3 aromatic carbocycles. The van der Waals surface area contributed by atoms with Gasteiger partial charge in [-0.25, -0.2) is 14.6 Å². The van der Waals surface area contributed by atoms with Gasteiger partial charge in [0.25, 0.3) is 0 Å². The summed E-state index contributed by atoms with van der Waals surface area (Å²) in [6, 6.07) is 21.7. The molecule has 2 heterocycles. The van der Waals surface area contributed by atoms with Crippen molar-refractivity contribution in [1.82, 2.24) is 25.0 Å². The molecule has 7 heteroatoms. The van der Waals surface area contributed by atoms with Gasteiger partial charge in [-0.15, -0.1) is 5.10 Å². The number of anilines is 3. The molecule has 136 valence electrons. The van der Waals surface area contributed by atoms with Crippen LogP contribution in [0.1, 0.15) is 5.56 Å². The van der Waals surface area contributed by atoms with Gasteiger partial charge >= 0.3 is 0 Å². The van der Waals surface area contributed by atoms with E-state index in [0.29, 0.717) is 18.1 Å². The summed E-state index contributed by atoms with van der Waals surface area (Å²) in [7, 11) is 0. The van der Waals surface area contributed by atoms with Gasteiger partial charge in [-0.3, -0.25) is 0 Å². The molecule has 0 aliphatic carbocycles. The van der Waals surface area contributed by atoms with Crippen LogP contribution in [0.25, 0.3) is 21.9 Å². The monoisotopic (exact) mass is 367 g/mol. The van der Waals surface area contributed by atoms with E-state index < -0.39 is 0 Å². The van der Waals surface area contributed by atoms with Gasteiger partial charge in [-0.05, 0) is 42.0 Å². The van der Waals surface area contributed by atoms with Gasteiger partial charge in [-0.1, -0.05) is 35.5 Å². The van der Waals surface area contributed by atoms with Gasteiger partial charge in [0.15, 0.2) is 0 Å². The largest absolute Gasteiger partial charge is 0.399 e. The molecule has 0 fully saturated rings. The van der Waals surface area contributed by atoms with Crippen LogP contribution >= 0.6 is 0 Å². The lowest BCUT2D eigenvalue weighted by molar-refractivity contribution is 0.670. The number of fused-ring (bicyclic) bond motifs is 2. The number of nitrogens with two attached hydrogens (primary N) is 1. The van der Waals surface area contributed by atoms with Crippen molar-refractivity contribution < 1.29 is 0 Å². The molecule has 3 N–H and O–H groups in total. The molecule has 0 amide bonds. The van der Waals surface area contributed by atoms with Crippen molar-refractivity contribution >= 4 is 39.1 Å². The van der Waals surface area contributed by atoms with Gasteiger partial charge in [0.05, 0.1) is 17.6 Å². The second-order valence-electron chi connectivity index (χ2n) is 6.56. The van der Waals surface area contributed by atoms with Crippen molar-refractivity contribution in [2.45, 2.75) is 6.54 Å². The third kappa shape index (κ3) is 2.99. The molecule has 0 saturated carbocycles. The van der Waals surface area contributed by atoms with Crippen molar-refractivity contribution in [3.8, 4) is 0 Å². The molecule has 0 bridgehead atoms. The topological polar surface area (TPSA) is 94.5 Å². The lowest BCUT2D eigenvalue weighted by Crippen LogP contribution is -2.02. The number of hydrogen-bond acceptors (Lipinski definition) is 6. The molecule has 0 radical (unpaired) electrons. The van der Waals surface area contributed by atoms with Crippen molar-refractivity contribution in [3.05, 3.63) is 78.6 Å². The van der Waals surface area contributed by atoms with Gasteiger partial charge in [0.1, 0.15) is 17.7 Å². The minimum atomic E-state index is 0.660. The first-order valence-corrected chi connectivity index (χ1v) is 8.91. The zero-order valence-electron chi connectivity index (χ0n) is 14.9. The van der Waals surface area contributed by atoms with E-state index in [1.165, 1.54) is 5.56 Å². The maximum Gasteiger partial charge on any atom is 0.141 e. The highest BCUT2D eigenvalue weighted by molar-refractivity contribution is 5.93. The minimum Gasteiger partial charge on any atom is -0.399 e. The average molecular weight is 367 g/mol. The normalized spacial score (nSPS) is 11.1. The summed E-state index contributed by atoms with van der Waals surface area (Å²) in [4.78, 5) is 8.68. The standard InChI is InChI=1S/C21H17N7/c22-15-6-8-18-17(10-15)21(24-13-23-18)25-16-7-9-19-20(11-16)28(27-26-19)12-14-4-2-1-3-5-14/h1-11,13H,12,22H2,(H,23,24,25). The van der Waals surface area contributed by atoms with E-state index in [-0.39, 0.29) is 0 Å². The quantitative estimate of drug-likeness (QED) is 0.470. The Balaban J connectivity index is 1.52. The lowest BCUT2D eigenvalue weighted by atomic mass is 10.2. The molecule has 0 aliphatic rings. The number of aromatic nitrogens is 5. The fraction of sp³-hybridized carbons (Fsp3) is 0.0476. The van der Waals surface area contributed by atoms with Crippen LogP contribution < -0.4 is 11.1 Å². The smallest absolute Gasteiger partial charge is 0.141 e. The first kappa shape index (κ1) is 16.2. The zero-order valence-corrected chi connectivity index (χ0v) is 14.9. The first-order valence-electron chi connectivity index (χ1n) is 8.91. The van der Waals surface area contributed by atoms with Crippen LogP contribution in [0.5, 0.6) is 0 Å². The molecule has 0 aliphatic heterocycles. The molecule has 5 aromatic rings. The highest BCUT2D eigenvalue weighted by Crippen LogP contribution is 2.26. The molecule has 5 rings (SSSR count). The van der Waals surface area contributed by atoms with E-state index in [0.717, 1.165) is 27.6 Å². The number of nitrogens with zero attached hydrogens (tertiary/aromatic N) is 5. The van der Waals surface area contributed by atoms with Crippen LogP contribution in [0.4, 0.5) is 17.2 Å². The minimum absolute atomic E-state index is 0.660. The Kier molecular flexibility index (Phi) is 3.83. The Morgan fingerprint density at radius 1 is 0.893 bits per heavy atom. The predicted octanol–water partition coefficient (Wildman–Crippen LogP) is 3.75. The number of nitrogen functional groups attached to an aromatic ring is 1. The molecule has 2 aromatic heterocycles. The van der Waals surface area contributed by atoms with E-state index >= 15 is 0 Å². The van der Waals surface area contributed by atoms with Crippen LogP contribution in [0, 0.1) is 0 Å². The summed E-state index contributed by atoms with van der Waals surface area (Å²) in [6.07, 6.45) is 1.54. The van der Waals surface area contributed by atoms with E-state index in [2.05, 4.69) is 37.7 Å². The second-order valence-corrected chi connectivity index (χ2v) is 6.56. The summed E-state index contributed by atoms with van der Waals surface area (Å²) < 4.78 is 1.89. The van der Waals surface area contributed by atoms with Crippen molar-refractivity contribution in [2.75, 3.05) is 11.1 Å². The summed E-state index contributed by atoms with van der Waals surface area (Å²) in [5, 5.41) is 12.8. The third-order valence-corrected chi connectivity index (χ3v) is 4.61. The van der Waals surface area contributed by atoms with Crippen LogP contribution in [0.3, 0.4) is 0 Å². The summed E-state index contributed by atoms with van der Waals surface area (Å²) >= 11 is 0. The van der Waals surface area contributed by atoms with Gasteiger partial charge in [-0.2, -0.15) is 0 Å². The maximum atomic E-state index is 5.94. The first-order chi connectivity index (χ1) is 13.8. The molecular formula is C21H17N7. The van der Waals surface area contributed by atoms with Crippen molar-refractivity contribution in [1.29, 1.82) is 0 Å². The van der Waals surface area contributed by atoms with Gasteiger partial charge in [0.2, 0.25) is 0 Å². The summed E-state index contributed by atoms with van der Waals surface area (Å²) in [6.45, 7) is 0.660. The van der Waals surface area contributed by atoms with E-state index in [1.54, 1.807) is 6.33 Å². The van der Waals surface area contributed by atoms with E-state index in [4.69, 9.17) is 5.73 Å². The fourth-order valence-corrected chi connectivity index (χ4v) is 3.23. The Morgan fingerprint density at radius 2 is 1.75 bits per heavy atom. The van der Waals surface area contributed by atoms with Crippen LogP contribution in [0.2, 0.25) is 0 Å². The highest BCUT2D eigenvalue weighted by atomic mass is 15.4. The van der Waals surface area contributed by atoms with Crippen molar-refractivity contribution in [2.24, 2.45) is 0 Å². The van der Waals surface area contributed by atoms with Crippen LogP contribution in [-0.2, 0) is 6.54 Å². The molecule has 0 spiro atoms. The Morgan fingerprint density at radius 3 is 2.64 bits per heavy atom. The third-order valence-electron chi connectivity index (χ3n) is 4.61. The molecule has 0 atom stereocenters. The van der Waals surface area contributed by atoms with Crippen LogP contribution in [0.15, 0.2) is 73.1 Å². The average Bonchev–Trinajstić information content (AvgIpc) is 3.11. The van der Waals surface area contributed by atoms with Gasteiger partial charge in [0, 0.05) is 16.8 Å². The maximum absolute atomic E-state index is 5.94. The van der Waals surface area contributed by atoms with Crippen LogP contribution in [-0.4, -0.2) is 25.0 Å². The molecule has 28 heavy (non-hydrogen) atoms. The molecule has 0 saturated heterocycles. The van der Waals surface area contributed by atoms with Crippen molar-refractivity contribution in [3.63, 3.8) is 0 Å². The summed E-state index contributed by atoms with van der Waals surface area (Å²) in [5.74, 6) is 0.707. The fourth-order valence-electron chi connectivity index (χ4n) is 3.23. The van der Waals surface area contributed by atoms with E-state index in [1.807, 2.05) is 59.3 Å². The molecule has 0 unspecified atom stereocenters. The highest BCUT2D eigenvalue weighted by Gasteiger charge is 2.09. The SMILES string of the molecule is Nc1ccc2ncnc(Nc3ccc4nnn(Cc5ccccc5)c4c3)c2c1. The zero-order chi connectivity index (χ0) is 18.9. The number of hydrogen-bond donors (Lipinski definition) is 2. The number of nitrogens with one attached hydrogen (secondary N) is 1. The molecular weight excluding hydrogens is 350 g/mol.